The highest BCUT2D eigenvalue weighted by Gasteiger charge is 2.13. The van der Waals surface area contributed by atoms with Gasteiger partial charge in [-0.1, -0.05) is 12.1 Å². The Balaban J connectivity index is 2.63. The second kappa shape index (κ2) is 4.56. The largest absolute Gasteiger partial charge is 0.478 e. The van der Waals surface area contributed by atoms with Crippen molar-refractivity contribution in [2.75, 3.05) is 0 Å². The molecule has 2 aromatic rings. The second-order valence-corrected chi connectivity index (χ2v) is 3.96. The van der Waals surface area contributed by atoms with E-state index in [2.05, 4.69) is 0 Å². The summed E-state index contributed by atoms with van der Waals surface area (Å²) in [6.07, 6.45) is 0. The minimum Gasteiger partial charge on any atom is -0.478 e. The van der Waals surface area contributed by atoms with Gasteiger partial charge < -0.3 is 5.11 Å². The number of carboxylic acids is 1. The van der Waals surface area contributed by atoms with E-state index in [4.69, 9.17) is 5.11 Å². The zero-order chi connectivity index (χ0) is 13.3. The molecule has 0 saturated heterocycles. The number of carbonyl (C=O) groups is 1. The zero-order valence-corrected chi connectivity index (χ0v) is 9.58. The number of aryl methyl sites for hydroxylation is 1. The zero-order valence-electron chi connectivity index (χ0n) is 9.58. The molecule has 0 atom stereocenters. The first-order valence-corrected chi connectivity index (χ1v) is 5.28. The molecule has 0 saturated carbocycles. The van der Waals surface area contributed by atoms with Crippen LogP contribution in [0.15, 0.2) is 36.4 Å². The van der Waals surface area contributed by atoms with Gasteiger partial charge in [0.2, 0.25) is 0 Å². The summed E-state index contributed by atoms with van der Waals surface area (Å²) < 4.78 is 26.2. The van der Waals surface area contributed by atoms with Crippen molar-refractivity contribution < 1.29 is 18.7 Å². The molecule has 92 valence electrons. The summed E-state index contributed by atoms with van der Waals surface area (Å²) in [4.78, 5) is 11.1. The summed E-state index contributed by atoms with van der Waals surface area (Å²) in [5.41, 5.74) is 1.19. The van der Waals surface area contributed by atoms with Crippen LogP contribution in [0.4, 0.5) is 8.78 Å². The molecule has 0 aromatic heterocycles. The fraction of sp³-hybridized carbons (Fsp3) is 0.0714. The number of hydrogen-bond donors (Lipinski definition) is 1. The van der Waals surface area contributed by atoms with E-state index in [1.165, 1.54) is 30.3 Å². The van der Waals surface area contributed by atoms with Crippen LogP contribution in [0.1, 0.15) is 15.9 Å². The van der Waals surface area contributed by atoms with Gasteiger partial charge in [-0.05, 0) is 47.9 Å². The molecule has 0 heterocycles. The SMILES string of the molecule is Cc1cc(-c2ccc(F)cc2C(=O)O)ccc1F. The Kier molecular flexibility index (Phi) is 3.10. The topological polar surface area (TPSA) is 37.3 Å². The van der Waals surface area contributed by atoms with Crippen LogP contribution in [-0.4, -0.2) is 11.1 Å². The third-order valence-electron chi connectivity index (χ3n) is 2.68. The van der Waals surface area contributed by atoms with Crippen molar-refractivity contribution in [1.82, 2.24) is 0 Å². The van der Waals surface area contributed by atoms with Crippen molar-refractivity contribution in [3.63, 3.8) is 0 Å². The van der Waals surface area contributed by atoms with Crippen molar-refractivity contribution in [1.29, 1.82) is 0 Å². The lowest BCUT2D eigenvalue weighted by Crippen LogP contribution is -2.00. The molecule has 2 aromatic carbocycles. The number of hydrogen-bond acceptors (Lipinski definition) is 1. The van der Waals surface area contributed by atoms with Crippen molar-refractivity contribution in [2.45, 2.75) is 6.92 Å². The van der Waals surface area contributed by atoms with E-state index < -0.39 is 11.8 Å². The van der Waals surface area contributed by atoms with Gasteiger partial charge in [-0.3, -0.25) is 0 Å². The summed E-state index contributed by atoms with van der Waals surface area (Å²) in [7, 11) is 0. The fourth-order valence-corrected chi connectivity index (χ4v) is 1.76. The van der Waals surface area contributed by atoms with Gasteiger partial charge in [0.1, 0.15) is 11.6 Å². The molecule has 0 aliphatic heterocycles. The number of rotatable bonds is 2. The average molecular weight is 248 g/mol. The molecule has 18 heavy (non-hydrogen) atoms. The van der Waals surface area contributed by atoms with Gasteiger partial charge in [-0.25, -0.2) is 13.6 Å². The van der Waals surface area contributed by atoms with Crippen LogP contribution in [0, 0.1) is 18.6 Å². The minimum absolute atomic E-state index is 0.138. The lowest BCUT2D eigenvalue weighted by atomic mass is 9.98. The Bertz CT molecular complexity index is 621. The maximum absolute atomic E-state index is 13.2. The number of aromatic carboxylic acids is 1. The molecule has 2 rings (SSSR count). The van der Waals surface area contributed by atoms with Crippen LogP contribution in [0.25, 0.3) is 11.1 Å². The summed E-state index contributed by atoms with van der Waals surface area (Å²) in [5.74, 6) is -2.20. The van der Waals surface area contributed by atoms with Gasteiger partial charge in [0.05, 0.1) is 5.56 Å². The summed E-state index contributed by atoms with van der Waals surface area (Å²) >= 11 is 0. The van der Waals surface area contributed by atoms with Crippen molar-refractivity contribution in [3.8, 4) is 11.1 Å². The molecular weight excluding hydrogens is 238 g/mol. The van der Waals surface area contributed by atoms with Crippen LogP contribution in [0.2, 0.25) is 0 Å². The quantitative estimate of drug-likeness (QED) is 0.880. The number of halogens is 2. The van der Waals surface area contributed by atoms with Crippen molar-refractivity contribution >= 4 is 5.97 Å². The van der Waals surface area contributed by atoms with Crippen molar-refractivity contribution in [2.24, 2.45) is 0 Å². The molecule has 0 radical (unpaired) electrons. The molecule has 0 fully saturated rings. The average Bonchev–Trinajstić information content (AvgIpc) is 2.32. The van der Waals surface area contributed by atoms with Gasteiger partial charge in [0.25, 0.3) is 0 Å². The van der Waals surface area contributed by atoms with E-state index in [-0.39, 0.29) is 11.4 Å². The van der Waals surface area contributed by atoms with E-state index in [1.54, 1.807) is 6.92 Å². The fourth-order valence-electron chi connectivity index (χ4n) is 1.76. The molecule has 1 N–H and O–H groups in total. The van der Waals surface area contributed by atoms with Gasteiger partial charge in [-0.2, -0.15) is 0 Å². The first kappa shape index (κ1) is 12.2. The molecular formula is C14H10F2O2. The van der Waals surface area contributed by atoms with E-state index >= 15 is 0 Å². The lowest BCUT2D eigenvalue weighted by Gasteiger charge is -2.08. The molecule has 0 unspecified atom stereocenters. The van der Waals surface area contributed by atoms with Crippen LogP contribution in [0.3, 0.4) is 0 Å². The van der Waals surface area contributed by atoms with Gasteiger partial charge in [0.15, 0.2) is 0 Å². The molecule has 4 heteroatoms. The Morgan fingerprint density at radius 2 is 1.83 bits per heavy atom. The monoisotopic (exact) mass is 248 g/mol. The van der Waals surface area contributed by atoms with Gasteiger partial charge >= 0.3 is 5.97 Å². The minimum atomic E-state index is -1.22. The molecule has 0 bridgehead atoms. The first-order chi connectivity index (χ1) is 8.49. The van der Waals surface area contributed by atoms with Crippen molar-refractivity contribution in [3.05, 3.63) is 59.2 Å². The highest BCUT2D eigenvalue weighted by molar-refractivity contribution is 5.96. The van der Waals surface area contributed by atoms with Gasteiger partial charge in [0, 0.05) is 0 Å². The molecule has 0 amide bonds. The maximum atomic E-state index is 13.2. The van der Waals surface area contributed by atoms with Crippen LogP contribution >= 0.6 is 0 Å². The number of benzene rings is 2. The maximum Gasteiger partial charge on any atom is 0.336 e. The third kappa shape index (κ3) is 2.22. The summed E-state index contributed by atoms with van der Waals surface area (Å²) in [6.45, 7) is 1.59. The van der Waals surface area contributed by atoms with E-state index in [9.17, 15) is 13.6 Å². The van der Waals surface area contributed by atoms with E-state index in [0.717, 1.165) is 6.07 Å². The molecule has 2 nitrogen and oxygen atoms in total. The van der Waals surface area contributed by atoms with E-state index in [1.807, 2.05) is 0 Å². The Morgan fingerprint density at radius 1 is 1.11 bits per heavy atom. The Morgan fingerprint density at radius 3 is 2.44 bits per heavy atom. The Labute approximate surface area is 103 Å². The molecule has 0 aliphatic rings. The van der Waals surface area contributed by atoms with E-state index in [0.29, 0.717) is 16.7 Å². The van der Waals surface area contributed by atoms with Crippen LogP contribution in [0.5, 0.6) is 0 Å². The number of carboxylic acid groups (broad SMARTS) is 1. The van der Waals surface area contributed by atoms with Gasteiger partial charge in [-0.15, -0.1) is 0 Å². The Hall–Kier alpha value is -2.23. The predicted molar refractivity (Wildman–Crippen MR) is 63.5 cm³/mol. The smallest absolute Gasteiger partial charge is 0.336 e. The summed E-state index contributed by atoms with van der Waals surface area (Å²) in [6, 6.07) is 7.79. The van der Waals surface area contributed by atoms with Crippen LogP contribution < -0.4 is 0 Å². The lowest BCUT2D eigenvalue weighted by molar-refractivity contribution is 0.0697. The molecule has 0 aliphatic carbocycles. The second-order valence-electron chi connectivity index (χ2n) is 3.96. The highest BCUT2D eigenvalue weighted by Crippen LogP contribution is 2.26. The summed E-state index contributed by atoms with van der Waals surface area (Å²) in [5, 5.41) is 9.03. The normalized spacial score (nSPS) is 10.4. The predicted octanol–water partition coefficient (Wildman–Crippen LogP) is 3.64. The standard InChI is InChI=1S/C14H10F2O2/c1-8-6-9(2-5-13(8)16)11-4-3-10(15)7-12(11)14(17)18/h2-7H,1H3,(H,17,18). The van der Waals surface area contributed by atoms with Crippen LogP contribution in [-0.2, 0) is 0 Å². The third-order valence-corrected chi connectivity index (χ3v) is 2.68. The molecule has 0 spiro atoms. The highest BCUT2D eigenvalue weighted by atomic mass is 19.1. The first-order valence-electron chi connectivity index (χ1n) is 5.28.